The topological polar surface area (TPSA) is 46.2 Å². The predicted octanol–water partition coefficient (Wildman–Crippen LogP) is 7.64. The Kier molecular flexibility index (Phi) is 14.5. The van der Waals surface area contributed by atoms with Crippen molar-refractivity contribution in [1.82, 2.24) is 0 Å². The Morgan fingerprint density at radius 2 is 1.00 bits per heavy atom. The van der Waals surface area contributed by atoms with Crippen molar-refractivity contribution < 1.29 is 9.59 Å². The van der Waals surface area contributed by atoms with Crippen molar-refractivity contribution >= 4 is 17.4 Å². The molecule has 0 fully saturated rings. The number of benzene rings is 2. The third kappa shape index (κ3) is 12.6. The standard InChI is InChI=1S/C11H15NO.C11H14O.2C2H6/c1-11(2,3)10(13)12-9-7-5-4-6-8-9;1-11(2,3)10(12)9-7-5-4-6-8-9;2*1-2/h4-8H,1-3H3,(H,12,13);4-8H,1-3H3;2*1-2H3. The van der Waals surface area contributed by atoms with Gasteiger partial charge in [-0.25, -0.2) is 0 Å². The van der Waals surface area contributed by atoms with Crippen LogP contribution < -0.4 is 5.32 Å². The summed E-state index contributed by atoms with van der Waals surface area (Å²) in [5, 5.41) is 2.84. The largest absolute Gasteiger partial charge is 0.326 e. The minimum atomic E-state index is -0.337. The molecule has 2 rings (SSSR count). The maximum absolute atomic E-state index is 11.7. The molecule has 0 heterocycles. The Bertz CT molecular complexity index is 678. The quantitative estimate of drug-likeness (QED) is 0.527. The lowest BCUT2D eigenvalue weighted by Crippen LogP contribution is -2.27. The van der Waals surface area contributed by atoms with E-state index in [2.05, 4.69) is 5.32 Å². The van der Waals surface area contributed by atoms with Gasteiger partial charge < -0.3 is 5.32 Å². The highest BCUT2D eigenvalue weighted by Gasteiger charge is 2.22. The van der Waals surface area contributed by atoms with Crippen LogP contribution >= 0.6 is 0 Å². The van der Waals surface area contributed by atoms with E-state index in [4.69, 9.17) is 0 Å². The van der Waals surface area contributed by atoms with Gasteiger partial charge in [-0.2, -0.15) is 0 Å². The molecule has 0 atom stereocenters. The van der Waals surface area contributed by atoms with Crippen LogP contribution in [0.5, 0.6) is 0 Å². The first kappa shape index (κ1) is 28.8. The molecular formula is C26H41NO2. The zero-order chi connectivity index (χ0) is 23.1. The van der Waals surface area contributed by atoms with Crippen molar-refractivity contribution in [2.45, 2.75) is 69.2 Å². The summed E-state index contributed by atoms with van der Waals surface area (Å²) in [5.74, 6) is 0.238. The summed E-state index contributed by atoms with van der Waals surface area (Å²) in [5.41, 5.74) is 1.03. The van der Waals surface area contributed by atoms with E-state index >= 15 is 0 Å². The van der Waals surface area contributed by atoms with Crippen LogP contribution in [-0.4, -0.2) is 11.7 Å². The first-order valence-electron chi connectivity index (χ1n) is 10.5. The van der Waals surface area contributed by atoms with Gasteiger partial charge in [0.2, 0.25) is 5.91 Å². The van der Waals surface area contributed by atoms with Crippen molar-refractivity contribution in [3.63, 3.8) is 0 Å². The Morgan fingerprint density at radius 3 is 1.34 bits per heavy atom. The fourth-order valence-corrected chi connectivity index (χ4v) is 1.86. The molecular weight excluding hydrogens is 358 g/mol. The van der Waals surface area contributed by atoms with Gasteiger partial charge in [0.1, 0.15) is 0 Å². The van der Waals surface area contributed by atoms with E-state index in [1.807, 2.05) is 130 Å². The number of Topliss-reactive ketones (excluding diaryl/α,β-unsaturated/α-hetero) is 1. The molecule has 1 N–H and O–H groups in total. The molecule has 0 unspecified atom stereocenters. The normalized spacial score (nSPS) is 10.0. The monoisotopic (exact) mass is 399 g/mol. The lowest BCUT2D eigenvalue weighted by Gasteiger charge is -2.17. The summed E-state index contributed by atoms with van der Waals surface area (Å²) in [7, 11) is 0. The number of hydrogen-bond donors (Lipinski definition) is 1. The fraction of sp³-hybridized carbons (Fsp3) is 0.462. The first-order valence-corrected chi connectivity index (χ1v) is 10.5. The molecule has 3 heteroatoms. The minimum Gasteiger partial charge on any atom is -0.326 e. The van der Waals surface area contributed by atoms with Gasteiger partial charge in [-0.05, 0) is 12.1 Å². The third-order valence-corrected chi connectivity index (χ3v) is 3.43. The smallest absolute Gasteiger partial charge is 0.229 e. The number of carbonyl (C=O) groups excluding carboxylic acids is 2. The van der Waals surface area contributed by atoms with E-state index in [1.165, 1.54) is 0 Å². The van der Waals surface area contributed by atoms with Crippen molar-refractivity contribution in [3.8, 4) is 0 Å². The highest BCUT2D eigenvalue weighted by Crippen LogP contribution is 2.20. The zero-order valence-corrected chi connectivity index (χ0v) is 20.1. The van der Waals surface area contributed by atoms with Crippen LogP contribution in [0.4, 0.5) is 5.69 Å². The van der Waals surface area contributed by atoms with Gasteiger partial charge in [0.05, 0.1) is 0 Å². The lowest BCUT2D eigenvalue weighted by molar-refractivity contribution is -0.123. The molecule has 0 aliphatic carbocycles. The van der Waals surface area contributed by atoms with Gasteiger partial charge >= 0.3 is 0 Å². The van der Waals surface area contributed by atoms with Gasteiger partial charge in [-0.3, -0.25) is 9.59 Å². The SMILES string of the molecule is CC.CC.CC(C)(C)C(=O)Nc1ccccc1.CC(C)(C)C(=O)c1ccccc1. The second-order valence-corrected chi connectivity index (χ2v) is 8.02. The minimum absolute atomic E-state index is 0.0405. The third-order valence-electron chi connectivity index (χ3n) is 3.43. The van der Waals surface area contributed by atoms with Gasteiger partial charge in [-0.1, -0.05) is 118 Å². The van der Waals surface area contributed by atoms with E-state index in [1.54, 1.807) is 0 Å². The molecule has 0 saturated heterocycles. The molecule has 162 valence electrons. The Morgan fingerprint density at radius 1 is 0.621 bits per heavy atom. The van der Waals surface area contributed by atoms with Crippen LogP contribution in [0, 0.1) is 10.8 Å². The summed E-state index contributed by atoms with van der Waals surface area (Å²) in [4.78, 5) is 23.2. The van der Waals surface area contributed by atoms with Crippen LogP contribution in [0.25, 0.3) is 0 Å². The van der Waals surface area contributed by atoms with E-state index < -0.39 is 0 Å². The predicted molar refractivity (Wildman–Crippen MR) is 127 cm³/mol. The highest BCUT2D eigenvalue weighted by atomic mass is 16.2. The molecule has 0 aliphatic heterocycles. The van der Waals surface area contributed by atoms with Crippen LogP contribution in [0.3, 0.4) is 0 Å². The number of carbonyl (C=O) groups is 2. The van der Waals surface area contributed by atoms with Crippen LogP contribution in [0.2, 0.25) is 0 Å². The summed E-state index contributed by atoms with van der Waals surface area (Å²) < 4.78 is 0. The molecule has 0 spiro atoms. The summed E-state index contributed by atoms with van der Waals surface area (Å²) in [6.07, 6.45) is 0. The average molecular weight is 400 g/mol. The summed E-state index contributed by atoms with van der Waals surface area (Å²) in [6, 6.07) is 18.9. The van der Waals surface area contributed by atoms with E-state index in [9.17, 15) is 9.59 Å². The van der Waals surface area contributed by atoms with Crippen LogP contribution in [0.1, 0.15) is 79.6 Å². The van der Waals surface area contributed by atoms with Crippen molar-refractivity contribution in [1.29, 1.82) is 0 Å². The van der Waals surface area contributed by atoms with Gasteiger partial charge in [0.25, 0.3) is 0 Å². The molecule has 0 saturated carbocycles. The number of rotatable bonds is 2. The van der Waals surface area contributed by atoms with Gasteiger partial charge in [0, 0.05) is 22.1 Å². The molecule has 0 bridgehead atoms. The molecule has 0 radical (unpaired) electrons. The Labute approximate surface area is 178 Å². The van der Waals surface area contributed by atoms with Gasteiger partial charge in [-0.15, -0.1) is 0 Å². The summed E-state index contributed by atoms with van der Waals surface area (Å²) in [6.45, 7) is 19.5. The van der Waals surface area contributed by atoms with E-state index in [0.29, 0.717) is 0 Å². The molecule has 0 aromatic heterocycles. The fourth-order valence-electron chi connectivity index (χ4n) is 1.86. The van der Waals surface area contributed by atoms with E-state index in [-0.39, 0.29) is 22.5 Å². The van der Waals surface area contributed by atoms with E-state index in [0.717, 1.165) is 11.3 Å². The second-order valence-electron chi connectivity index (χ2n) is 8.02. The molecule has 3 nitrogen and oxygen atoms in total. The molecule has 0 aliphatic rings. The number of nitrogens with one attached hydrogen (secondary N) is 1. The maximum atomic E-state index is 11.7. The Hall–Kier alpha value is -2.42. The second kappa shape index (κ2) is 14.6. The maximum Gasteiger partial charge on any atom is 0.229 e. The number of anilines is 1. The van der Waals surface area contributed by atoms with Crippen molar-refractivity contribution in [2.24, 2.45) is 10.8 Å². The highest BCUT2D eigenvalue weighted by molar-refractivity contribution is 5.99. The number of para-hydroxylation sites is 1. The number of ketones is 1. The average Bonchev–Trinajstić information content (AvgIpc) is 2.71. The van der Waals surface area contributed by atoms with Gasteiger partial charge in [0.15, 0.2) is 5.78 Å². The Balaban J connectivity index is 0. The van der Waals surface area contributed by atoms with Crippen LogP contribution in [-0.2, 0) is 4.79 Å². The zero-order valence-electron chi connectivity index (χ0n) is 20.1. The van der Waals surface area contributed by atoms with Crippen LogP contribution in [0.15, 0.2) is 60.7 Å². The summed E-state index contributed by atoms with van der Waals surface area (Å²) >= 11 is 0. The number of amides is 1. The van der Waals surface area contributed by atoms with Crippen molar-refractivity contribution in [2.75, 3.05) is 5.32 Å². The lowest BCUT2D eigenvalue weighted by atomic mass is 9.87. The first-order chi connectivity index (χ1) is 13.5. The molecule has 1 amide bonds. The molecule has 29 heavy (non-hydrogen) atoms. The molecule has 2 aromatic rings. The number of hydrogen-bond acceptors (Lipinski definition) is 2. The van der Waals surface area contributed by atoms with Crippen molar-refractivity contribution in [3.05, 3.63) is 66.2 Å². The molecule has 2 aromatic carbocycles.